The molecule has 1 aliphatic heterocycles. The molecule has 0 saturated heterocycles. The summed E-state index contributed by atoms with van der Waals surface area (Å²) in [5.74, 6) is 1.18. The largest absolute Gasteiger partial charge is 0.481 e. The van der Waals surface area contributed by atoms with E-state index in [2.05, 4.69) is 24.7 Å². The van der Waals surface area contributed by atoms with E-state index in [1.54, 1.807) is 25.1 Å². The molecule has 148 valence electrons. The number of aryl methyl sites for hydroxylation is 1. The Balaban J connectivity index is 1.54. The summed E-state index contributed by atoms with van der Waals surface area (Å²) in [6.45, 7) is 8.01. The van der Waals surface area contributed by atoms with Crippen molar-refractivity contribution in [3.05, 3.63) is 53.1 Å². The Hall–Kier alpha value is -3.22. The van der Waals surface area contributed by atoms with Crippen molar-refractivity contribution >= 4 is 11.8 Å². The van der Waals surface area contributed by atoms with Crippen LogP contribution in [0.4, 0.5) is 0 Å². The first-order chi connectivity index (χ1) is 13.3. The standard InChI is InChI=1S/C21H24N2O5/c1-12(2)17-7-6-16(9-13(17)3)28-14(4)20(24)22-23-21(25)15-5-8-18-19(10-15)27-11-26-18/h5-10,12,14H,11H2,1-4H3,(H,22,24)(H,23,25). The molecule has 2 N–H and O–H groups in total. The van der Waals surface area contributed by atoms with Crippen LogP contribution in [0, 0.1) is 6.92 Å². The molecule has 0 radical (unpaired) electrons. The van der Waals surface area contributed by atoms with Crippen molar-refractivity contribution in [3.8, 4) is 17.2 Å². The van der Waals surface area contributed by atoms with Crippen molar-refractivity contribution in [2.45, 2.75) is 39.7 Å². The van der Waals surface area contributed by atoms with Gasteiger partial charge in [0.1, 0.15) is 5.75 Å². The monoisotopic (exact) mass is 384 g/mol. The molecule has 0 aliphatic carbocycles. The van der Waals surface area contributed by atoms with E-state index >= 15 is 0 Å². The molecule has 2 amide bonds. The topological polar surface area (TPSA) is 85.9 Å². The summed E-state index contributed by atoms with van der Waals surface area (Å²) in [6.07, 6.45) is -0.777. The van der Waals surface area contributed by atoms with Crippen molar-refractivity contribution in [2.24, 2.45) is 0 Å². The summed E-state index contributed by atoms with van der Waals surface area (Å²) in [6, 6.07) is 10.5. The molecule has 7 heteroatoms. The van der Waals surface area contributed by atoms with Crippen molar-refractivity contribution in [1.82, 2.24) is 10.9 Å². The highest BCUT2D eigenvalue weighted by Crippen LogP contribution is 2.32. The molecule has 2 aromatic carbocycles. The second-order valence-electron chi connectivity index (χ2n) is 6.94. The average Bonchev–Trinajstić information content (AvgIpc) is 3.13. The Kier molecular flexibility index (Phi) is 5.73. The lowest BCUT2D eigenvalue weighted by molar-refractivity contribution is -0.128. The minimum atomic E-state index is -0.777. The van der Waals surface area contributed by atoms with E-state index in [1.165, 1.54) is 5.56 Å². The Bertz CT molecular complexity index is 894. The van der Waals surface area contributed by atoms with Crippen LogP contribution < -0.4 is 25.1 Å². The SMILES string of the molecule is Cc1cc(OC(C)C(=O)NNC(=O)c2ccc3c(c2)OCO3)ccc1C(C)C. The molecule has 1 heterocycles. The Morgan fingerprint density at radius 1 is 1.00 bits per heavy atom. The maximum Gasteiger partial charge on any atom is 0.279 e. The number of rotatable bonds is 5. The fourth-order valence-electron chi connectivity index (χ4n) is 2.96. The number of nitrogens with one attached hydrogen (secondary N) is 2. The van der Waals surface area contributed by atoms with Crippen molar-refractivity contribution in [1.29, 1.82) is 0 Å². The third kappa shape index (κ3) is 4.36. The number of hydrogen-bond acceptors (Lipinski definition) is 5. The van der Waals surface area contributed by atoms with Gasteiger partial charge in [-0.15, -0.1) is 0 Å². The highest BCUT2D eigenvalue weighted by molar-refractivity contribution is 5.96. The van der Waals surface area contributed by atoms with Gasteiger partial charge in [-0.2, -0.15) is 0 Å². The third-order valence-corrected chi connectivity index (χ3v) is 4.48. The number of benzene rings is 2. The van der Waals surface area contributed by atoms with Gasteiger partial charge in [-0.1, -0.05) is 19.9 Å². The zero-order chi connectivity index (χ0) is 20.3. The fourth-order valence-corrected chi connectivity index (χ4v) is 2.96. The summed E-state index contributed by atoms with van der Waals surface area (Å²) >= 11 is 0. The van der Waals surface area contributed by atoms with Crippen LogP contribution in [0.3, 0.4) is 0 Å². The highest BCUT2D eigenvalue weighted by atomic mass is 16.7. The number of ether oxygens (including phenoxy) is 3. The minimum Gasteiger partial charge on any atom is -0.481 e. The quantitative estimate of drug-likeness (QED) is 0.774. The first-order valence-corrected chi connectivity index (χ1v) is 9.12. The molecule has 0 aromatic heterocycles. The molecule has 1 atom stereocenters. The smallest absolute Gasteiger partial charge is 0.279 e. The van der Waals surface area contributed by atoms with Gasteiger partial charge in [-0.05, 0) is 61.2 Å². The van der Waals surface area contributed by atoms with Gasteiger partial charge in [0.25, 0.3) is 11.8 Å². The molecule has 0 fully saturated rings. The maximum absolute atomic E-state index is 12.2. The van der Waals surface area contributed by atoms with Gasteiger partial charge in [0.05, 0.1) is 0 Å². The first-order valence-electron chi connectivity index (χ1n) is 9.12. The second kappa shape index (κ2) is 8.21. The predicted octanol–water partition coefficient (Wildman–Crippen LogP) is 3.08. The number of hydrazine groups is 1. The Morgan fingerprint density at radius 2 is 1.75 bits per heavy atom. The average molecular weight is 384 g/mol. The number of fused-ring (bicyclic) bond motifs is 1. The molecule has 7 nitrogen and oxygen atoms in total. The van der Waals surface area contributed by atoms with Gasteiger partial charge in [-0.25, -0.2) is 0 Å². The predicted molar refractivity (Wildman–Crippen MR) is 104 cm³/mol. The van der Waals surface area contributed by atoms with E-state index in [9.17, 15) is 9.59 Å². The van der Waals surface area contributed by atoms with Gasteiger partial charge in [-0.3, -0.25) is 20.4 Å². The van der Waals surface area contributed by atoms with E-state index in [0.29, 0.717) is 28.7 Å². The minimum absolute atomic E-state index is 0.129. The highest BCUT2D eigenvalue weighted by Gasteiger charge is 2.19. The third-order valence-electron chi connectivity index (χ3n) is 4.48. The molecule has 28 heavy (non-hydrogen) atoms. The normalized spacial score (nSPS) is 13.2. The van der Waals surface area contributed by atoms with Crippen LogP contribution in [0.15, 0.2) is 36.4 Å². The van der Waals surface area contributed by atoms with Crippen LogP contribution in [0.1, 0.15) is 48.2 Å². The van der Waals surface area contributed by atoms with Gasteiger partial charge in [0.15, 0.2) is 17.6 Å². The zero-order valence-electron chi connectivity index (χ0n) is 16.4. The molecular weight excluding hydrogens is 360 g/mol. The van der Waals surface area contributed by atoms with E-state index in [0.717, 1.165) is 5.56 Å². The van der Waals surface area contributed by atoms with E-state index in [4.69, 9.17) is 14.2 Å². The lowest BCUT2D eigenvalue weighted by Gasteiger charge is -2.17. The molecule has 3 rings (SSSR count). The van der Waals surface area contributed by atoms with Gasteiger partial charge >= 0.3 is 0 Å². The summed E-state index contributed by atoms with van der Waals surface area (Å²) in [7, 11) is 0. The van der Waals surface area contributed by atoms with Gasteiger partial charge in [0, 0.05) is 5.56 Å². The molecule has 0 spiro atoms. The zero-order valence-corrected chi connectivity index (χ0v) is 16.4. The molecule has 1 aliphatic rings. The van der Waals surface area contributed by atoms with Crippen molar-refractivity contribution in [3.63, 3.8) is 0 Å². The molecule has 0 bridgehead atoms. The van der Waals surface area contributed by atoms with E-state index in [-0.39, 0.29) is 6.79 Å². The van der Waals surface area contributed by atoms with Gasteiger partial charge < -0.3 is 14.2 Å². The number of hydrogen-bond donors (Lipinski definition) is 2. The van der Waals surface area contributed by atoms with Crippen LogP contribution in [0.5, 0.6) is 17.2 Å². The molecule has 0 saturated carbocycles. The van der Waals surface area contributed by atoms with Crippen LogP contribution in [0.2, 0.25) is 0 Å². The fraction of sp³-hybridized carbons (Fsp3) is 0.333. The molecular formula is C21H24N2O5. The summed E-state index contributed by atoms with van der Waals surface area (Å²) in [5, 5.41) is 0. The number of carbonyl (C=O) groups is 2. The Morgan fingerprint density at radius 3 is 2.46 bits per heavy atom. The summed E-state index contributed by atoms with van der Waals surface area (Å²) in [5.41, 5.74) is 7.44. The van der Waals surface area contributed by atoms with Crippen LogP contribution in [0.25, 0.3) is 0 Å². The van der Waals surface area contributed by atoms with Gasteiger partial charge in [0.2, 0.25) is 6.79 Å². The maximum atomic E-state index is 12.2. The molecule has 2 aromatic rings. The Labute approximate surface area is 164 Å². The molecule has 1 unspecified atom stereocenters. The van der Waals surface area contributed by atoms with E-state index in [1.807, 2.05) is 25.1 Å². The van der Waals surface area contributed by atoms with Crippen molar-refractivity contribution < 1.29 is 23.8 Å². The summed E-state index contributed by atoms with van der Waals surface area (Å²) in [4.78, 5) is 24.4. The lowest BCUT2D eigenvalue weighted by atomic mass is 9.98. The van der Waals surface area contributed by atoms with Crippen molar-refractivity contribution in [2.75, 3.05) is 6.79 Å². The first kappa shape index (κ1) is 19.5. The number of amides is 2. The number of carbonyl (C=O) groups excluding carboxylic acids is 2. The second-order valence-corrected chi connectivity index (χ2v) is 6.94. The van der Waals surface area contributed by atoms with Crippen LogP contribution in [-0.4, -0.2) is 24.7 Å². The summed E-state index contributed by atoms with van der Waals surface area (Å²) < 4.78 is 16.1. The van der Waals surface area contributed by atoms with Crippen LogP contribution >= 0.6 is 0 Å². The van der Waals surface area contributed by atoms with Crippen LogP contribution in [-0.2, 0) is 4.79 Å². The lowest BCUT2D eigenvalue weighted by Crippen LogP contribution is -2.47. The van der Waals surface area contributed by atoms with E-state index < -0.39 is 17.9 Å².